The standard InChI is InChI=1S/C13H8F2N2O/c14-10-3-9-12(4-11(10)15)17(8-1-2-8)6-7(5-16)13(9)18/h3-4,6,8H,1-2H2. The van der Waals surface area contributed by atoms with Crippen LogP contribution >= 0.6 is 0 Å². The predicted octanol–water partition coefficient (Wildman–Crippen LogP) is 2.49. The van der Waals surface area contributed by atoms with Crippen molar-refractivity contribution in [3.05, 3.63) is 45.8 Å². The monoisotopic (exact) mass is 246 g/mol. The molecule has 1 heterocycles. The van der Waals surface area contributed by atoms with E-state index >= 15 is 0 Å². The number of halogens is 2. The minimum atomic E-state index is -1.07. The topological polar surface area (TPSA) is 45.8 Å². The molecular weight excluding hydrogens is 238 g/mol. The lowest BCUT2D eigenvalue weighted by Crippen LogP contribution is -2.13. The van der Waals surface area contributed by atoms with Crippen LogP contribution in [0, 0.1) is 23.0 Å². The van der Waals surface area contributed by atoms with Crippen LogP contribution in [0.5, 0.6) is 0 Å². The van der Waals surface area contributed by atoms with Crippen molar-refractivity contribution in [2.45, 2.75) is 18.9 Å². The molecule has 3 rings (SSSR count). The molecule has 1 saturated carbocycles. The van der Waals surface area contributed by atoms with Gasteiger partial charge in [-0.1, -0.05) is 0 Å². The molecule has 5 heteroatoms. The van der Waals surface area contributed by atoms with Crippen LogP contribution in [0.4, 0.5) is 8.78 Å². The maximum atomic E-state index is 13.3. The first-order valence-electron chi connectivity index (χ1n) is 5.56. The molecule has 0 radical (unpaired) electrons. The van der Waals surface area contributed by atoms with Crippen LogP contribution in [0.15, 0.2) is 23.1 Å². The minimum Gasteiger partial charge on any atom is -0.343 e. The van der Waals surface area contributed by atoms with E-state index in [1.165, 1.54) is 6.20 Å². The van der Waals surface area contributed by atoms with Crippen molar-refractivity contribution in [2.75, 3.05) is 0 Å². The zero-order valence-electron chi connectivity index (χ0n) is 9.28. The lowest BCUT2D eigenvalue weighted by atomic mass is 10.1. The second-order valence-corrected chi connectivity index (χ2v) is 4.41. The third-order valence-corrected chi connectivity index (χ3v) is 3.13. The zero-order valence-corrected chi connectivity index (χ0v) is 9.28. The van der Waals surface area contributed by atoms with Crippen molar-refractivity contribution >= 4 is 10.9 Å². The number of nitriles is 1. The lowest BCUT2D eigenvalue weighted by Gasteiger charge is -2.10. The van der Waals surface area contributed by atoms with Crippen molar-refractivity contribution in [2.24, 2.45) is 0 Å². The third kappa shape index (κ3) is 1.50. The number of rotatable bonds is 1. The summed E-state index contributed by atoms with van der Waals surface area (Å²) in [7, 11) is 0. The normalized spacial score (nSPS) is 14.7. The largest absolute Gasteiger partial charge is 0.343 e. The number of benzene rings is 1. The Kier molecular flexibility index (Phi) is 2.20. The third-order valence-electron chi connectivity index (χ3n) is 3.13. The Bertz CT molecular complexity index is 754. The fourth-order valence-corrected chi connectivity index (χ4v) is 2.08. The maximum Gasteiger partial charge on any atom is 0.207 e. The van der Waals surface area contributed by atoms with Gasteiger partial charge in [0.15, 0.2) is 11.6 Å². The van der Waals surface area contributed by atoms with E-state index in [2.05, 4.69) is 0 Å². The molecule has 1 fully saturated rings. The summed E-state index contributed by atoms with van der Waals surface area (Å²) in [5.41, 5.74) is -0.246. The molecule has 90 valence electrons. The molecule has 0 atom stereocenters. The second-order valence-electron chi connectivity index (χ2n) is 4.41. The molecule has 0 aliphatic heterocycles. The SMILES string of the molecule is N#Cc1cn(C2CC2)c2cc(F)c(F)cc2c1=O. The van der Waals surface area contributed by atoms with Gasteiger partial charge in [0.05, 0.1) is 10.9 Å². The molecule has 0 bridgehead atoms. The number of hydrogen-bond acceptors (Lipinski definition) is 2. The van der Waals surface area contributed by atoms with Crippen LogP contribution in [-0.2, 0) is 0 Å². The number of fused-ring (bicyclic) bond motifs is 1. The highest BCUT2D eigenvalue weighted by Gasteiger charge is 2.26. The highest BCUT2D eigenvalue weighted by atomic mass is 19.2. The van der Waals surface area contributed by atoms with Crippen LogP contribution in [0.2, 0.25) is 0 Å². The van der Waals surface area contributed by atoms with Crippen LogP contribution in [0.25, 0.3) is 10.9 Å². The van der Waals surface area contributed by atoms with E-state index in [9.17, 15) is 13.6 Å². The van der Waals surface area contributed by atoms with Gasteiger partial charge in [-0.3, -0.25) is 4.79 Å². The van der Waals surface area contributed by atoms with Crippen molar-refractivity contribution in [3.63, 3.8) is 0 Å². The Morgan fingerprint density at radius 1 is 1.28 bits per heavy atom. The summed E-state index contributed by atoms with van der Waals surface area (Å²) in [6, 6.07) is 3.85. The molecule has 0 spiro atoms. The molecule has 0 N–H and O–H groups in total. The summed E-state index contributed by atoms with van der Waals surface area (Å²) < 4.78 is 28.2. The molecule has 0 saturated heterocycles. The van der Waals surface area contributed by atoms with Crippen LogP contribution in [0.3, 0.4) is 0 Å². The molecule has 1 aliphatic carbocycles. The zero-order chi connectivity index (χ0) is 12.9. The van der Waals surface area contributed by atoms with E-state index in [1.807, 2.05) is 0 Å². The average molecular weight is 246 g/mol. The van der Waals surface area contributed by atoms with Gasteiger partial charge in [-0.05, 0) is 18.9 Å². The van der Waals surface area contributed by atoms with E-state index in [4.69, 9.17) is 5.26 Å². The van der Waals surface area contributed by atoms with Gasteiger partial charge in [-0.2, -0.15) is 5.26 Å². The molecule has 18 heavy (non-hydrogen) atoms. The van der Waals surface area contributed by atoms with Gasteiger partial charge in [-0.15, -0.1) is 0 Å². The highest BCUT2D eigenvalue weighted by Crippen LogP contribution is 2.37. The van der Waals surface area contributed by atoms with Gasteiger partial charge >= 0.3 is 0 Å². The Balaban J connectivity index is 2.47. The summed E-state index contributed by atoms with van der Waals surface area (Å²) in [6.07, 6.45) is 3.27. The summed E-state index contributed by atoms with van der Waals surface area (Å²) in [5, 5.41) is 8.95. The van der Waals surface area contributed by atoms with E-state index in [1.54, 1.807) is 10.6 Å². The quantitative estimate of drug-likeness (QED) is 0.776. The Morgan fingerprint density at radius 3 is 2.56 bits per heavy atom. The van der Waals surface area contributed by atoms with Gasteiger partial charge < -0.3 is 4.57 Å². The van der Waals surface area contributed by atoms with Crippen LogP contribution in [0.1, 0.15) is 24.4 Å². The molecular formula is C13H8F2N2O. The first-order valence-corrected chi connectivity index (χ1v) is 5.56. The molecule has 1 aromatic carbocycles. The lowest BCUT2D eigenvalue weighted by molar-refractivity contribution is 0.510. The molecule has 3 nitrogen and oxygen atoms in total. The summed E-state index contributed by atoms with van der Waals surface area (Å²) >= 11 is 0. The van der Waals surface area contributed by atoms with Gasteiger partial charge in [0.25, 0.3) is 0 Å². The first kappa shape index (κ1) is 10.9. The van der Waals surface area contributed by atoms with E-state index < -0.39 is 17.1 Å². The van der Waals surface area contributed by atoms with Crippen LogP contribution in [-0.4, -0.2) is 4.57 Å². The smallest absolute Gasteiger partial charge is 0.207 e. The van der Waals surface area contributed by atoms with Crippen molar-refractivity contribution in [1.82, 2.24) is 4.57 Å². The Labute approximate surface area is 101 Å². The number of pyridine rings is 1. The van der Waals surface area contributed by atoms with E-state index in [0.29, 0.717) is 5.52 Å². The van der Waals surface area contributed by atoms with Gasteiger partial charge in [-0.25, -0.2) is 8.78 Å². The minimum absolute atomic E-state index is 0.0413. The summed E-state index contributed by atoms with van der Waals surface area (Å²) in [6.45, 7) is 0. The predicted molar refractivity (Wildman–Crippen MR) is 61.1 cm³/mol. The Morgan fingerprint density at radius 2 is 1.94 bits per heavy atom. The maximum absolute atomic E-state index is 13.3. The summed E-state index contributed by atoms with van der Waals surface area (Å²) in [4.78, 5) is 11.9. The second kappa shape index (κ2) is 3.64. The van der Waals surface area contributed by atoms with Crippen molar-refractivity contribution in [1.29, 1.82) is 5.26 Å². The molecule has 1 aliphatic rings. The van der Waals surface area contributed by atoms with Crippen LogP contribution < -0.4 is 5.43 Å². The number of hydrogen-bond donors (Lipinski definition) is 0. The van der Waals surface area contributed by atoms with E-state index in [0.717, 1.165) is 25.0 Å². The number of aromatic nitrogens is 1. The van der Waals surface area contributed by atoms with Gasteiger partial charge in [0.2, 0.25) is 5.43 Å². The van der Waals surface area contributed by atoms with Gasteiger partial charge in [0, 0.05) is 18.3 Å². The van der Waals surface area contributed by atoms with Gasteiger partial charge in [0.1, 0.15) is 11.6 Å². The summed E-state index contributed by atoms with van der Waals surface area (Å²) in [5.74, 6) is -2.06. The Hall–Kier alpha value is -2.22. The fourth-order valence-electron chi connectivity index (χ4n) is 2.08. The molecule has 2 aromatic rings. The average Bonchev–Trinajstić information content (AvgIpc) is 3.17. The van der Waals surface area contributed by atoms with Crippen molar-refractivity contribution in [3.8, 4) is 6.07 Å². The highest BCUT2D eigenvalue weighted by molar-refractivity contribution is 5.80. The van der Waals surface area contributed by atoms with Crippen molar-refractivity contribution < 1.29 is 8.78 Å². The molecule has 0 unspecified atom stereocenters. The first-order chi connectivity index (χ1) is 8.61. The van der Waals surface area contributed by atoms with E-state index in [-0.39, 0.29) is 17.0 Å². The number of nitrogens with zero attached hydrogens (tertiary/aromatic N) is 2. The molecule has 0 amide bonds. The fraction of sp³-hybridized carbons (Fsp3) is 0.231. The molecule has 1 aromatic heterocycles.